The highest BCUT2D eigenvalue weighted by molar-refractivity contribution is 7.10. The first-order chi connectivity index (χ1) is 6.24. The maximum atomic E-state index is 10.7. The number of ether oxygens (including phenoxy) is 1. The van der Waals surface area contributed by atoms with Gasteiger partial charge in [-0.25, -0.2) is 0 Å². The lowest BCUT2D eigenvalue weighted by Gasteiger charge is -1.89. The minimum atomic E-state index is -0.290. The Morgan fingerprint density at radius 3 is 3.00 bits per heavy atom. The van der Waals surface area contributed by atoms with Gasteiger partial charge in [-0.05, 0) is 23.9 Å². The summed E-state index contributed by atoms with van der Waals surface area (Å²) in [7, 11) is 1.36. The molecule has 68 valence electrons. The normalized spacial score (nSPS) is 8.77. The molecule has 0 spiro atoms. The molecule has 0 aliphatic carbocycles. The molecule has 3 heteroatoms. The largest absolute Gasteiger partial charge is 0.468 e. The van der Waals surface area contributed by atoms with Crippen LogP contribution in [0.2, 0.25) is 0 Å². The van der Waals surface area contributed by atoms with Gasteiger partial charge in [0.2, 0.25) is 0 Å². The van der Waals surface area contributed by atoms with Gasteiger partial charge in [-0.2, -0.15) is 0 Å². The van der Waals surface area contributed by atoms with Crippen molar-refractivity contribution in [2.45, 2.75) is 13.3 Å². The molecule has 0 saturated heterocycles. The van der Waals surface area contributed by atoms with Crippen LogP contribution in [0, 0.1) is 18.8 Å². The van der Waals surface area contributed by atoms with E-state index in [0.29, 0.717) is 0 Å². The molecule has 0 fully saturated rings. The second-order valence-electron chi connectivity index (χ2n) is 2.49. The van der Waals surface area contributed by atoms with Crippen molar-refractivity contribution in [1.82, 2.24) is 0 Å². The molecule has 1 aromatic rings. The van der Waals surface area contributed by atoms with Crippen molar-refractivity contribution >= 4 is 17.3 Å². The third kappa shape index (κ3) is 2.92. The summed E-state index contributed by atoms with van der Waals surface area (Å²) in [5.41, 5.74) is 1.15. The number of methoxy groups -OCH3 is 1. The summed E-state index contributed by atoms with van der Waals surface area (Å²) >= 11 is 1.58. The van der Waals surface area contributed by atoms with E-state index >= 15 is 0 Å². The van der Waals surface area contributed by atoms with Gasteiger partial charge in [0.25, 0.3) is 0 Å². The summed E-state index contributed by atoms with van der Waals surface area (Å²) < 4.78 is 4.46. The number of carbonyl (C=O) groups is 1. The Balaban J connectivity index is 2.58. The van der Waals surface area contributed by atoms with Gasteiger partial charge >= 0.3 is 5.97 Å². The van der Waals surface area contributed by atoms with Crippen LogP contribution in [0.25, 0.3) is 0 Å². The molecule has 0 saturated carbocycles. The number of hydrogen-bond donors (Lipinski definition) is 0. The van der Waals surface area contributed by atoms with Crippen molar-refractivity contribution in [3.05, 3.63) is 21.9 Å². The minimum Gasteiger partial charge on any atom is -0.468 e. The summed E-state index contributed by atoms with van der Waals surface area (Å²) in [6, 6.07) is 2.01. The molecular weight excluding hydrogens is 184 g/mol. The van der Waals surface area contributed by atoms with Crippen LogP contribution in [0.3, 0.4) is 0 Å². The van der Waals surface area contributed by atoms with Gasteiger partial charge in [-0.1, -0.05) is 11.8 Å². The van der Waals surface area contributed by atoms with Crippen LogP contribution in [-0.4, -0.2) is 13.1 Å². The number of aryl methyl sites for hydroxylation is 1. The van der Waals surface area contributed by atoms with Gasteiger partial charge in [0.05, 0.1) is 12.0 Å². The molecule has 1 heterocycles. The van der Waals surface area contributed by atoms with E-state index in [9.17, 15) is 4.79 Å². The van der Waals surface area contributed by atoms with Crippen LogP contribution in [-0.2, 0) is 9.53 Å². The summed E-state index contributed by atoms with van der Waals surface area (Å²) in [6.07, 6.45) is 0.161. The first kappa shape index (κ1) is 9.82. The second kappa shape index (κ2) is 4.68. The van der Waals surface area contributed by atoms with E-state index in [0.717, 1.165) is 10.4 Å². The topological polar surface area (TPSA) is 26.3 Å². The SMILES string of the molecule is COC(=O)CC#Cc1sccc1C. The summed E-state index contributed by atoms with van der Waals surface area (Å²) in [6.45, 7) is 2.00. The highest BCUT2D eigenvalue weighted by Gasteiger charge is 1.96. The molecule has 0 radical (unpaired) electrons. The Bertz CT molecular complexity index is 354. The van der Waals surface area contributed by atoms with E-state index in [-0.39, 0.29) is 12.4 Å². The van der Waals surface area contributed by atoms with E-state index in [2.05, 4.69) is 16.6 Å². The van der Waals surface area contributed by atoms with Crippen molar-refractivity contribution in [1.29, 1.82) is 0 Å². The Hall–Kier alpha value is -1.27. The van der Waals surface area contributed by atoms with Crippen LogP contribution >= 0.6 is 11.3 Å². The summed E-state index contributed by atoms with van der Waals surface area (Å²) in [5, 5.41) is 1.98. The number of thiophene rings is 1. The third-order valence-corrected chi connectivity index (χ3v) is 2.46. The average Bonchev–Trinajstić information content (AvgIpc) is 2.52. The zero-order valence-electron chi connectivity index (χ0n) is 7.59. The standard InChI is InChI=1S/C10H10O2S/c1-8-6-7-13-9(8)4-3-5-10(11)12-2/h6-7H,5H2,1-2H3. The van der Waals surface area contributed by atoms with Crippen LogP contribution in [0.5, 0.6) is 0 Å². The van der Waals surface area contributed by atoms with E-state index < -0.39 is 0 Å². The van der Waals surface area contributed by atoms with Crippen LogP contribution in [0.4, 0.5) is 0 Å². The van der Waals surface area contributed by atoms with Crippen molar-refractivity contribution < 1.29 is 9.53 Å². The molecule has 1 rings (SSSR count). The number of carbonyl (C=O) groups excluding carboxylic acids is 1. The first-order valence-corrected chi connectivity index (χ1v) is 4.72. The van der Waals surface area contributed by atoms with Gasteiger partial charge in [0.1, 0.15) is 6.42 Å². The Labute approximate surface area is 81.5 Å². The molecule has 0 aliphatic heterocycles. The molecule has 13 heavy (non-hydrogen) atoms. The smallest absolute Gasteiger partial charge is 0.317 e. The van der Waals surface area contributed by atoms with Crippen molar-refractivity contribution in [2.24, 2.45) is 0 Å². The monoisotopic (exact) mass is 194 g/mol. The molecule has 0 aromatic carbocycles. The van der Waals surface area contributed by atoms with Crippen LogP contribution in [0.1, 0.15) is 16.9 Å². The maximum Gasteiger partial charge on any atom is 0.317 e. The number of esters is 1. The molecule has 0 N–H and O–H groups in total. The number of rotatable bonds is 1. The fourth-order valence-corrected chi connectivity index (χ4v) is 1.56. The lowest BCUT2D eigenvalue weighted by Crippen LogP contribution is -1.96. The molecule has 2 nitrogen and oxygen atoms in total. The Morgan fingerprint density at radius 2 is 2.46 bits per heavy atom. The minimum absolute atomic E-state index is 0.161. The molecule has 0 unspecified atom stereocenters. The van der Waals surface area contributed by atoms with E-state index in [1.165, 1.54) is 7.11 Å². The van der Waals surface area contributed by atoms with E-state index in [1.54, 1.807) is 11.3 Å². The van der Waals surface area contributed by atoms with Gasteiger partial charge in [-0.15, -0.1) is 11.3 Å². The van der Waals surface area contributed by atoms with Gasteiger partial charge in [0.15, 0.2) is 0 Å². The fraction of sp³-hybridized carbons (Fsp3) is 0.300. The second-order valence-corrected chi connectivity index (χ2v) is 3.40. The Kier molecular flexibility index (Phi) is 3.53. The quantitative estimate of drug-likeness (QED) is 0.504. The van der Waals surface area contributed by atoms with E-state index in [1.807, 2.05) is 18.4 Å². The molecule has 0 atom stereocenters. The lowest BCUT2D eigenvalue weighted by molar-refractivity contribution is -0.139. The fourth-order valence-electron chi connectivity index (χ4n) is 0.770. The predicted octanol–water partition coefficient (Wildman–Crippen LogP) is 1.97. The van der Waals surface area contributed by atoms with Crippen LogP contribution < -0.4 is 0 Å². The highest BCUT2D eigenvalue weighted by atomic mass is 32.1. The molecule has 0 amide bonds. The summed E-state index contributed by atoms with van der Waals surface area (Å²) in [4.78, 5) is 11.7. The maximum absolute atomic E-state index is 10.7. The van der Waals surface area contributed by atoms with Gasteiger partial charge in [-0.3, -0.25) is 4.79 Å². The van der Waals surface area contributed by atoms with Crippen LogP contribution in [0.15, 0.2) is 11.4 Å². The lowest BCUT2D eigenvalue weighted by atomic mass is 10.3. The Morgan fingerprint density at radius 1 is 1.69 bits per heavy atom. The molecule has 0 bridgehead atoms. The predicted molar refractivity (Wildman–Crippen MR) is 52.6 cm³/mol. The first-order valence-electron chi connectivity index (χ1n) is 3.84. The van der Waals surface area contributed by atoms with E-state index in [4.69, 9.17) is 0 Å². The molecule has 0 aliphatic rings. The van der Waals surface area contributed by atoms with Crippen molar-refractivity contribution in [3.8, 4) is 11.8 Å². The number of hydrogen-bond acceptors (Lipinski definition) is 3. The zero-order chi connectivity index (χ0) is 9.68. The summed E-state index contributed by atoms with van der Waals surface area (Å²) in [5.74, 6) is 5.40. The van der Waals surface area contributed by atoms with Gasteiger partial charge in [0, 0.05) is 0 Å². The molecular formula is C10H10O2S. The third-order valence-electron chi connectivity index (χ3n) is 1.52. The molecule has 1 aromatic heterocycles. The highest BCUT2D eigenvalue weighted by Crippen LogP contribution is 2.13. The van der Waals surface area contributed by atoms with Gasteiger partial charge < -0.3 is 4.74 Å². The van der Waals surface area contributed by atoms with Crippen molar-refractivity contribution in [3.63, 3.8) is 0 Å². The average molecular weight is 194 g/mol. The zero-order valence-corrected chi connectivity index (χ0v) is 8.40. The van der Waals surface area contributed by atoms with Crippen molar-refractivity contribution in [2.75, 3.05) is 7.11 Å².